The van der Waals surface area contributed by atoms with E-state index in [1.807, 2.05) is 36.4 Å². The summed E-state index contributed by atoms with van der Waals surface area (Å²) >= 11 is 0. The maximum Gasteiger partial charge on any atom is 0.120 e. The highest BCUT2D eigenvalue weighted by Crippen LogP contribution is 2.18. The van der Waals surface area contributed by atoms with Crippen LogP contribution in [0.2, 0.25) is 0 Å². The van der Waals surface area contributed by atoms with Crippen LogP contribution in [0.1, 0.15) is 11.1 Å². The molecule has 0 saturated heterocycles. The highest BCUT2D eigenvalue weighted by Gasteiger charge is 1.99. The molecule has 0 unspecified atom stereocenters. The Morgan fingerprint density at radius 2 is 1.82 bits per heavy atom. The van der Waals surface area contributed by atoms with E-state index in [0.29, 0.717) is 12.3 Å². The van der Waals surface area contributed by atoms with E-state index >= 15 is 0 Å². The van der Waals surface area contributed by atoms with Gasteiger partial charge >= 0.3 is 0 Å². The Balaban J connectivity index is 2.05. The molecule has 3 heteroatoms. The first-order valence-electron chi connectivity index (χ1n) is 5.50. The molecule has 3 nitrogen and oxygen atoms in total. The summed E-state index contributed by atoms with van der Waals surface area (Å²) in [5, 5.41) is 21.8. The van der Waals surface area contributed by atoms with Crippen LogP contribution in [0, 0.1) is 0 Å². The van der Waals surface area contributed by atoms with Crippen molar-refractivity contribution < 1.29 is 10.2 Å². The fourth-order valence-electron chi connectivity index (χ4n) is 1.64. The predicted molar refractivity (Wildman–Crippen MR) is 67.8 cm³/mol. The molecule has 0 atom stereocenters. The van der Waals surface area contributed by atoms with Crippen molar-refractivity contribution in [3.05, 3.63) is 59.7 Å². The van der Waals surface area contributed by atoms with Gasteiger partial charge in [-0.15, -0.1) is 0 Å². The first kappa shape index (κ1) is 11.5. The minimum Gasteiger partial charge on any atom is -0.508 e. The fourth-order valence-corrected chi connectivity index (χ4v) is 1.64. The lowest BCUT2D eigenvalue weighted by Crippen LogP contribution is -2.00. The summed E-state index contributed by atoms with van der Waals surface area (Å²) in [7, 11) is 0. The van der Waals surface area contributed by atoms with E-state index in [1.54, 1.807) is 12.1 Å². The van der Waals surface area contributed by atoms with Crippen molar-refractivity contribution >= 4 is 5.69 Å². The molecule has 88 valence electrons. The number of nitrogens with one attached hydrogen (secondary N) is 1. The van der Waals surface area contributed by atoms with Crippen LogP contribution in [0.3, 0.4) is 0 Å². The Morgan fingerprint density at radius 1 is 1.00 bits per heavy atom. The average Bonchev–Trinajstić information content (AvgIpc) is 2.38. The van der Waals surface area contributed by atoms with Gasteiger partial charge in [-0.2, -0.15) is 0 Å². The zero-order chi connectivity index (χ0) is 12.1. The van der Waals surface area contributed by atoms with Crippen molar-refractivity contribution in [2.45, 2.75) is 13.2 Å². The van der Waals surface area contributed by atoms with Crippen molar-refractivity contribution in [3.63, 3.8) is 0 Å². The van der Waals surface area contributed by atoms with E-state index in [9.17, 15) is 5.11 Å². The largest absolute Gasteiger partial charge is 0.508 e. The molecule has 0 radical (unpaired) electrons. The van der Waals surface area contributed by atoms with Crippen LogP contribution >= 0.6 is 0 Å². The van der Waals surface area contributed by atoms with Gasteiger partial charge in [0.05, 0.1) is 6.61 Å². The number of para-hydroxylation sites is 1. The van der Waals surface area contributed by atoms with Crippen molar-refractivity contribution in [2.24, 2.45) is 0 Å². The van der Waals surface area contributed by atoms with Crippen molar-refractivity contribution in [1.29, 1.82) is 0 Å². The van der Waals surface area contributed by atoms with Crippen LogP contribution in [0.15, 0.2) is 48.5 Å². The normalized spacial score (nSPS) is 10.2. The molecule has 0 fully saturated rings. The molecule has 0 heterocycles. The van der Waals surface area contributed by atoms with Crippen molar-refractivity contribution in [1.82, 2.24) is 0 Å². The van der Waals surface area contributed by atoms with E-state index in [1.165, 1.54) is 0 Å². The molecule has 0 saturated carbocycles. The lowest BCUT2D eigenvalue weighted by Gasteiger charge is -2.08. The Labute approximate surface area is 100 Å². The molecule has 0 amide bonds. The van der Waals surface area contributed by atoms with Gasteiger partial charge < -0.3 is 15.5 Å². The molecule has 0 aliphatic carbocycles. The van der Waals surface area contributed by atoms with E-state index in [0.717, 1.165) is 16.8 Å². The SMILES string of the molecule is OCc1cccc(NCc2ccccc2O)c1. The highest BCUT2D eigenvalue weighted by molar-refractivity contribution is 5.47. The van der Waals surface area contributed by atoms with Crippen LogP contribution in [-0.2, 0) is 13.2 Å². The molecule has 2 rings (SSSR count). The number of phenolic OH excluding ortho intramolecular Hbond substituents is 1. The predicted octanol–water partition coefficient (Wildman–Crippen LogP) is 2.50. The minimum absolute atomic E-state index is 0.0338. The Hall–Kier alpha value is -2.00. The average molecular weight is 229 g/mol. The smallest absolute Gasteiger partial charge is 0.120 e. The maximum atomic E-state index is 9.61. The summed E-state index contributed by atoms with van der Waals surface area (Å²) in [6, 6.07) is 14.8. The second-order valence-electron chi connectivity index (χ2n) is 3.84. The number of aliphatic hydroxyl groups excluding tert-OH is 1. The Morgan fingerprint density at radius 3 is 2.59 bits per heavy atom. The third-order valence-corrected chi connectivity index (χ3v) is 2.58. The first-order valence-corrected chi connectivity index (χ1v) is 5.50. The standard InChI is InChI=1S/C14H15NO2/c16-10-11-4-3-6-13(8-11)15-9-12-5-1-2-7-14(12)17/h1-8,15-17H,9-10H2. The molecule has 0 bridgehead atoms. The first-order chi connectivity index (χ1) is 8.29. The molecular formula is C14H15NO2. The number of phenols is 1. The van der Waals surface area contributed by atoms with Crippen LogP contribution in [-0.4, -0.2) is 10.2 Å². The molecule has 17 heavy (non-hydrogen) atoms. The van der Waals surface area contributed by atoms with E-state index in [2.05, 4.69) is 5.32 Å². The summed E-state index contributed by atoms with van der Waals surface area (Å²) in [6.07, 6.45) is 0. The zero-order valence-corrected chi connectivity index (χ0v) is 9.43. The van der Waals surface area contributed by atoms with Gasteiger partial charge in [0.15, 0.2) is 0 Å². The second kappa shape index (κ2) is 5.37. The van der Waals surface area contributed by atoms with Gasteiger partial charge in [-0.25, -0.2) is 0 Å². The molecular weight excluding hydrogens is 214 g/mol. The number of rotatable bonds is 4. The number of anilines is 1. The third-order valence-electron chi connectivity index (χ3n) is 2.58. The second-order valence-corrected chi connectivity index (χ2v) is 3.84. The van der Waals surface area contributed by atoms with E-state index < -0.39 is 0 Å². The number of benzene rings is 2. The maximum absolute atomic E-state index is 9.61. The highest BCUT2D eigenvalue weighted by atomic mass is 16.3. The number of aromatic hydroxyl groups is 1. The van der Waals surface area contributed by atoms with Gasteiger partial charge in [-0.1, -0.05) is 30.3 Å². The summed E-state index contributed by atoms with van der Waals surface area (Å²) in [4.78, 5) is 0. The summed E-state index contributed by atoms with van der Waals surface area (Å²) in [5.41, 5.74) is 2.65. The molecule has 0 spiro atoms. The molecule has 0 aromatic heterocycles. The van der Waals surface area contributed by atoms with Gasteiger partial charge in [-0.05, 0) is 23.8 Å². The van der Waals surface area contributed by atoms with Crippen LogP contribution < -0.4 is 5.32 Å². The van der Waals surface area contributed by atoms with Crippen LogP contribution in [0.5, 0.6) is 5.75 Å². The number of hydrogen-bond donors (Lipinski definition) is 3. The molecule has 3 N–H and O–H groups in total. The summed E-state index contributed by atoms with van der Waals surface area (Å²) in [5.74, 6) is 0.290. The van der Waals surface area contributed by atoms with Gasteiger partial charge in [0.25, 0.3) is 0 Å². The van der Waals surface area contributed by atoms with Gasteiger partial charge in [0, 0.05) is 17.8 Å². The topological polar surface area (TPSA) is 52.5 Å². The van der Waals surface area contributed by atoms with Crippen molar-refractivity contribution in [3.8, 4) is 5.75 Å². The number of aliphatic hydroxyl groups is 1. The quantitative estimate of drug-likeness (QED) is 0.755. The monoisotopic (exact) mass is 229 g/mol. The van der Waals surface area contributed by atoms with Crippen molar-refractivity contribution in [2.75, 3.05) is 5.32 Å². The summed E-state index contributed by atoms with van der Waals surface area (Å²) in [6.45, 7) is 0.591. The van der Waals surface area contributed by atoms with Crippen LogP contribution in [0.4, 0.5) is 5.69 Å². The van der Waals surface area contributed by atoms with Gasteiger partial charge in [0.2, 0.25) is 0 Å². The van der Waals surface area contributed by atoms with Gasteiger partial charge in [-0.3, -0.25) is 0 Å². The van der Waals surface area contributed by atoms with E-state index in [4.69, 9.17) is 5.11 Å². The zero-order valence-electron chi connectivity index (χ0n) is 9.43. The molecule has 2 aromatic carbocycles. The molecule has 2 aromatic rings. The molecule has 0 aliphatic rings. The lowest BCUT2D eigenvalue weighted by atomic mass is 10.2. The third kappa shape index (κ3) is 2.98. The summed E-state index contributed by atoms with van der Waals surface area (Å²) < 4.78 is 0. The fraction of sp³-hybridized carbons (Fsp3) is 0.143. The number of hydrogen-bond acceptors (Lipinski definition) is 3. The van der Waals surface area contributed by atoms with Crippen LogP contribution in [0.25, 0.3) is 0 Å². The Bertz CT molecular complexity index is 497. The lowest BCUT2D eigenvalue weighted by molar-refractivity contribution is 0.282. The molecule has 0 aliphatic heterocycles. The van der Waals surface area contributed by atoms with E-state index in [-0.39, 0.29) is 6.61 Å². The Kier molecular flexibility index (Phi) is 3.62. The van der Waals surface area contributed by atoms with Gasteiger partial charge in [0.1, 0.15) is 5.75 Å². The minimum atomic E-state index is 0.0338.